The van der Waals surface area contributed by atoms with E-state index in [1.54, 1.807) is 0 Å². The van der Waals surface area contributed by atoms with Crippen molar-refractivity contribution in [3.05, 3.63) is 27.8 Å². The molecule has 0 saturated heterocycles. The SMILES string of the molecule is C#CCN(C(=O)OC)c1ccccc1I. The number of amides is 1. The number of carbonyl (C=O) groups excluding carboxylic acids is 1. The molecule has 3 nitrogen and oxygen atoms in total. The first kappa shape index (κ1) is 11.9. The Morgan fingerprint density at radius 1 is 1.60 bits per heavy atom. The molecular weight excluding hydrogens is 305 g/mol. The lowest BCUT2D eigenvalue weighted by Gasteiger charge is -2.19. The van der Waals surface area contributed by atoms with E-state index in [4.69, 9.17) is 6.42 Å². The van der Waals surface area contributed by atoms with Crippen molar-refractivity contribution in [2.75, 3.05) is 18.6 Å². The molecule has 0 aliphatic carbocycles. The molecule has 0 aromatic heterocycles. The number of hydrogen-bond acceptors (Lipinski definition) is 2. The highest BCUT2D eigenvalue weighted by atomic mass is 127. The third-order valence-electron chi connectivity index (χ3n) is 1.79. The molecule has 1 aromatic rings. The first-order chi connectivity index (χ1) is 7.20. The lowest BCUT2D eigenvalue weighted by molar-refractivity contribution is 0.179. The van der Waals surface area contributed by atoms with Gasteiger partial charge in [0.05, 0.1) is 19.3 Å². The molecule has 0 spiro atoms. The van der Waals surface area contributed by atoms with Crippen LogP contribution in [0.3, 0.4) is 0 Å². The Labute approximate surface area is 103 Å². The maximum Gasteiger partial charge on any atom is 0.414 e. The van der Waals surface area contributed by atoms with Gasteiger partial charge in [-0.15, -0.1) is 6.42 Å². The van der Waals surface area contributed by atoms with E-state index in [9.17, 15) is 4.79 Å². The van der Waals surface area contributed by atoms with Crippen molar-refractivity contribution in [2.24, 2.45) is 0 Å². The van der Waals surface area contributed by atoms with Gasteiger partial charge in [0.15, 0.2) is 0 Å². The maximum absolute atomic E-state index is 11.5. The predicted octanol–water partition coefficient (Wildman–Crippen LogP) is 2.50. The van der Waals surface area contributed by atoms with Crippen LogP contribution in [0.5, 0.6) is 0 Å². The van der Waals surface area contributed by atoms with Crippen LogP contribution in [0.2, 0.25) is 0 Å². The van der Waals surface area contributed by atoms with Crippen molar-refractivity contribution in [3.63, 3.8) is 0 Å². The Hall–Kier alpha value is -1.22. The lowest BCUT2D eigenvalue weighted by Crippen LogP contribution is -2.31. The second-order valence-electron chi connectivity index (χ2n) is 2.71. The molecule has 0 fully saturated rings. The van der Waals surface area contributed by atoms with Crippen molar-refractivity contribution in [2.45, 2.75) is 0 Å². The minimum Gasteiger partial charge on any atom is -0.452 e. The maximum atomic E-state index is 11.5. The zero-order valence-electron chi connectivity index (χ0n) is 8.24. The largest absolute Gasteiger partial charge is 0.452 e. The van der Waals surface area contributed by atoms with E-state index >= 15 is 0 Å². The van der Waals surface area contributed by atoms with Gasteiger partial charge in [0.2, 0.25) is 0 Å². The van der Waals surface area contributed by atoms with E-state index in [1.165, 1.54) is 12.0 Å². The normalized spacial score (nSPS) is 9.13. The van der Waals surface area contributed by atoms with Gasteiger partial charge in [0, 0.05) is 3.57 Å². The number of benzene rings is 1. The Morgan fingerprint density at radius 3 is 2.80 bits per heavy atom. The number of anilines is 1. The summed E-state index contributed by atoms with van der Waals surface area (Å²) in [5.74, 6) is 2.43. The predicted molar refractivity (Wildman–Crippen MR) is 67.7 cm³/mol. The molecule has 0 saturated carbocycles. The van der Waals surface area contributed by atoms with Crippen LogP contribution in [0, 0.1) is 15.9 Å². The molecule has 15 heavy (non-hydrogen) atoms. The van der Waals surface area contributed by atoms with Crippen molar-refractivity contribution >= 4 is 34.4 Å². The van der Waals surface area contributed by atoms with Crippen molar-refractivity contribution < 1.29 is 9.53 Å². The van der Waals surface area contributed by atoms with E-state index in [0.717, 1.165) is 9.26 Å². The topological polar surface area (TPSA) is 29.5 Å². The third-order valence-corrected chi connectivity index (χ3v) is 2.70. The first-order valence-corrected chi connectivity index (χ1v) is 5.32. The van der Waals surface area contributed by atoms with Gasteiger partial charge >= 0.3 is 6.09 Å². The first-order valence-electron chi connectivity index (χ1n) is 4.24. The molecule has 0 unspecified atom stereocenters. The van der Waals surface area contributed by atoms with E-state index in [2.05, 4.69) is 33.2 Å². The van der Waals surface area contributed by atoms with Crippen LogP contribution in [0.15, 0.2) is 24.3 Å². The number of ether oxygens (including phenoxy) is 1. The molecule has 0 heterocycles. The molecule has 0 aliphatic rings. The smallest absolute Gasteiger partial charge is 0.414 e. The number of rotatable bonds is 2. The summed E-state index contributed by atoms with van der Waals surface area (Å²) in [6.45, 7) is 0.201. The van der Waals surface area contributed by atoms with Crippen LogP contribution in [-0.2, 0) is 4.74 Å². The second kappa shape index (κ2) is 5.61. The molecule has 4 heteroatoms. The third kappa shape index (κ3) is 2.86. The standard InChI is InChI=1S/C11H10INO2/c1-3-8-13(11(14)15-2)10-7-5-4-6-9(10)12/h1,4-7H,8H2,2H3. The average Bonchev–Trinajstić information content (AvgIpc) is 2.26. The zero-order valence-corrected chi connectivity index (χ0v) is 10.4. The van der Waals surface area contributed by atoms with Crippen LogP contribution in [0.1, 0.15) is 0 Å². The molecule has 78 valence electrons. The van der Waals surface area contributed by atoms with Gasteiger partial charge in [-0.1, -0.05) is 18.1 Å². The quantitative estimate of drug-likeness (QED) is 0.620. The Bertz CT molecular complexity index is 398. The van der Waals surface area contributed by atoms with E-state index in [0.29, 0.717) is 0 Å². The van der Waals surface area contributed by atoms with E-state index < -0.39 is 6.09 Å². The van der Waals surface area contributed by atoms with Crippen LogP contribution in [0.4, 0.5) is 10.5 Å². The molecule has 0 radical (unpaired) electrons. The number of para-hydroxylation sites is 1. The molecule has 1 amide bonds. The highest BCUT2D eigenvalue weighted by molar-refractivity contribution is 14.1. The lowest BCUT2D eigenvalue weighted by atomic mass is 10.3. The number of halogens is 1. The molecule has 0 bridgehead atoms. The highest BCUT2D eigenvalue weighted by Gasteiger charge is 2.16. The van der Waals surface area contributed by atoms with Crippen molar-refractivity contribution in [1.82, 2.24) is 0 Å². The monoisotopic (exact) mass is 315 g/mol. The average molecular weight is 315 g/mol. The van der Waals surface area contributed by atoms with Gasteiger partial charge in [0.1, 0.15) is 0 Å². The second-order valence-corrected chi connectivity index (χ2v) is 3.87. The van der Waals surface area contributed by atoms with Gasteiger partial charge in [-0.25, -0.2) is 4.79 Å². The molecule has 0 N–H and O–H groups in total. The fraction of sp³-hybridized carbons (Fsp3) is 0.182. The van der Waals surface area contributed by atoms with Gasteiger partial charge in [0.25, 0.3) is 0 Å². The Morgan fingerprint density at radius 2 is 2.27 bits per heavy atom. The van der Waals surface area contributed by atoms with E-state index in [1.807, 2.05) is 24.3 Å². The summed E-state index contributed by atoms with van der Waals surface area (Å²) < 4.78 is 5.62. The fourth-order valence-corrected chi connectivity index (χ4v) is 1.80. The van der Waals surface area contributed by atoms with Gasteiger partial charge < -0.3 is 4.74 Å². The van der Waals surface area contributed by atoms with Crippen LogP contribution < -0.4 is 4.90 Å². The number of methoxy groups -OCH3 is 1. The van der Waals surface area contributed by atoms with Gasteiger partial charge in [-0.05, 0) is 34.7 Å². The summed E-state index contributed by atoms with van der Waals surface area (Å²) in [5, 5.41) is 0. The number of carbonyl (C=O) groups is 1. The van der Waals surface area contributed by atoms with Gasteiger partial charge in [-0.2, -0.15) is 0 Å². The van der Waals surface area contributed by atoms with Crippen molar-refractivity contribution in [1.29, 1.82) is 0 Å². The van der Waals surface area contributed by atoms with Crippen molar-refractivity contribution in [3.8, 4) is 12.3 Å². The molecule has 0 aliphatic heterocycles. The molecule has 1 aromatic carbocycles. The zero-order chi connectivity index (χ0) is 11.3. The number of nitrogens with zero attached hydrogens (tertiary/aromatic N) is 1. The highest BCUT2D eigenvalue weighted by Crippen LogP contribution is 2.22. The number of hydrogen-bond donors (Lipinski definition) is 0. The fourth-order valence-electron chi connectivity index (χ4n) is 1.12. The Balaban J connectivity index is 3.05. The summed E-state index contributed by atoms with van der Waals surface area (Å²) in [5.41, 5.74) is 0.767. The van der Waals surface area contributed by atoms with Gasteiger partial charge in [-0.3, -0.25) is 4.90 Å². The van der Waals surface area contributed by atoms with Crippen LogP contribution in [0.25, 0.3) is 0 Å². The van der Waals surface area contributed by atoms with Crippen LogP contribution >= 0.6 is 22.6 Å². The van der Waals surface area contributed by atoms with Crippen LogP contribution in [-0.4, -0.2) is 19.7 Å². The minimum absolute atomic E-state index is 0.201. The molecule has 1 rings (SSSR count). The summed E-state index contributed by atoms with van der Waals surface area (Å²) >= 11 is 2.15. The van der Waals surface area contributed by atoms with E-state index in [-0.39, 0.29) is 6.54 Å². The minimum atomic E-state index is -0.447. The molecule has 0 atom stereocenters. The summed E-state index contributed by atoms with van der Waals surface area (Å²) in [6.07, 6.45) is 4.76. The summed E-state index contributed by atoms with van der Waals surface area (Å²) in [6, 6.07) is 7.49. The summed E-state index contributed by atoms with van der Waals surface area (Å²) in [4.78, 5) is 12.9. The summed E-state index contributed by atoms with van der Waals surface area (Å²) in [7, 11) is 1.33. The Kier molecular flexibility index (Phi) is 4.43. The molecular formula is C11H10INO2. The number of terminal acetylenes is 1.